The molecule has 1 aliphatic rings. The van der Waals surface area contributed by atoms with Gasteiger partial charge in [0.25, 0.3) is 0 Å². The largest absolute Gasteiger partial charge is 0.385 e. The Kier molecular flexibility index (Phi) is 5.30. The average molecular weight is 212 g/mol. The maximum Gasteiger partial charge on any atom is 0.164 e. The molecule has 0 amide bonds. The number of Topliss-reactive ketones (excluding diaryl/α,β-unsaturated/α-hetero) is 1. The van der Waals surface area contributed by atoms with Gasteiger partial charge in [-0.25, -0.2) is 0 Å². The molecular formula is C13H24O2. The van der Waals surface area contributed by atoms with Gasteiger partial charge in [0.05, 0.1) is 0 Å². The molecule has 2 heteroatoms. The van der Waals surface area contributed by atoms with Crippen molar-refractivity contribution in [3.05, 3.63) is 0 Å². The van der Waals surface area contributed by atoms with Gasteiger partial charge in [0, 0.05) is 5.92 Å². The lowest BCUT2D eigenvalue weighted by Gasteiger charge is -2.28. The molecule has 1 atom stereocenters. The van der Waals surface area contributed by atoms with E-state index in [4.69, 9.17) is 0 Å². The summed E-state index contributed by atoms with van der Waals surface area (Å²) in [6.07, 6.45) is 6.40. The van der Waals surface area contributed by atoms with Gasteiger partial charge in [-0.05, 0) is 38.0 Å². The third kappa shape index (κ3) is 3.60. The number of carbonyl (C=O) groups is 1. The van der Waals surface area contributed by atoms with Crippen LogP contribution < -0.4 is 0 Å². The summed E-state index contributed by atoms with van der Waals surface area (Å²) >= 11 is 0. The third-order valence-corrected chi connectivity index (χ3v) is 3.72. The number of carbonyl (C=O) groups excluding carboxylic acids is 1. The van der Waals surface area contributed by atoms with E-state index in [0.29, 0.717) is 6.42 Å². The molecule has 1 rings (SSSR count). The van der Waals surface area contributed by atoms with Gasteiger partial charge in [0.15, 0.2) is 5.78 Å². The van der Waals surface area contributed by atoms with Crippen molar-refractivity contribution in [2.75, 3.05) is 0 Å². The molecule has 0 aromatic carbocycles. The minimum atomic E-state index is -0.696. The van der Waals surface area contributed by atoms with Crippen molar-refractivity contribution in [2.24, 2.45) is 11.8 Å². The van der Waals surface area contributed by atoms with Crippen LogP contribution in [-0.4, -0.2) is 17.0 Å². The van der Waals surface area contributed by atoms with Crippen molar-refractivity contribution in [3.63, 3.8) is 0 Å². The molecule has 1 saturated carbocycles. The topological polar surface area (TPSA) is 37.3 Å². The molecule has 1 aliphatic carbocycles. The van der Waals surface area contributed by atoms with Gasteiger partial charge >= 0.3 is 0 Å². The van der Waals surface area contributed by atoms with Crippen LogP contribution in [0.1, 0.15) is 58.8 Å². The summed E-state index contributed by atoms with van der Waals surface area (Å²) in [6.45, 7) is 4.23. The van der Waals surface area contributed by atoms with Gasteiger partial charge in [-0.3, -0.25) is 4.79 Å². The van der Waals surface area contributed by atoms with Crippen LogP contribution in [0, 0.1) is 11.8 Å². The van der Waals surface area contributed by atoms with Crippen molar-refractivity contribution in [3.8, 4) is 0 Å². The average Bonchev–Trinajstić information content (AvgIpc) is 2.28. The first-order valence-corrected chi connectivity index (χ1v) is 6.40. The van der Waals surface area contributed by atoms with Gasteiger partial charge in [0.1, 0.15) is 6.10 Å². The number of rotatable bonds is 5. The van der Waals surface area contributed by atoms with Crippen LogP contribution in [0.3, 0.4) is 0 Å². The highest BCUT2D eigenvalue weighted by atomic mass is 16.3. The smallest absolute Gasteiger partial charge is 0.164 e. The summed E-state index contributed by atoms with van der Waals surface area (Å²) < 4.78 is 0. The summed E-state index contributed by atoms with van der Waals surface area (Å²) in [5.41, 5.74) is 0. The Morgan fingerprint density at radius 3 is 2.33 bits per heavy atom. The van der Waals surface area contributed by atoms with E-state index in [-0.39, 0.29) is 11.7 Å². The van der Waals surface area contributed by atoms with Crippen molar-refractivity contribution < 1.29 is 9.90 Å². The van der Waals surface area contributed by atoms with Crippen LogP contribution >= 0.6 is 0 Å². The van der Waals surface area contributed by atoms with Gasteiger partial charge in [-0.2, -0.15) is 0 Å². The second-order valence-electron chi connectivity index (χ2n) is 4.83. The summed E-state index contributed by atoms with van der Waals surface area (Å²) in [6, 6.07) is 0. The number of aliphatic hydroxyl groups is 1. The summed E-state index contributed by atoms with van der Waals surface area (Å²) in [4.78, 5) is 11.8. The number of hydrogen-bond acceptors (Lipinski definition) is 2. The maximum absolute atomic E-state index is 11.8. The molecule has 1 N–H and O–H groups in total. The fourth-order valence-electron chi connectivity index (χ4n) is 2.54. The Balaban J connectivity index is 2.35. The predicted octanol–water partition coefficient (Wildman–Crippen LogP) is 2.93. The van der Waals surface area contributed by atoms with Crippen LogP contribution in [0.2, 0.25) is 0 Å². The molecule has 1 unspecified atom stereocenters. The molecule has 0 spiro atoms. The fourth-order valence-corrected chi connectivity index (χ4v) is 2.54. The first-order chi connectivity index (χ1) is 7.19. The van der Waals surface area contributed by atoms with Crippen LogP contribution in [0.15, 0.2) is 0 Å². The molecule has 0 aromatic heterocycles. The maximum atomic E-state index is 11.8. The second-order valence-corrected chi connectivity index (χ2v) is 4.83. The number of hydrogen-bond donors (Lipinski definition) is 1. The lowest BCUT2D eigenvalue weighted by atomic mass is 9.78. The lowest BCUT2D eigenvalue weighted by Crippen LogP contribution is -2.30. The molecule has 2 nitrogen and oxygen atoms in total. The quantitative estimate of drug-likeness (QED) is 0.760. The molecule has 0 radical (unpaired) electrons. The molecule has 1 fully saturated rings. The van der Waals surface area contributed by atoms with E-state index in [2.05, 4.69) is 6.92 Å². The normalized spacial score (nSPS) is 28.7. The zero-order chi connectivity index (χ0) is 11.3. The Morgan fingerprint density at radius 1 is 1.27 bits per heavy atom. The molecule has 0 heterocycles. The molecule has 0 saturated heterocycles. The minimum absolute atomic E-state index is 0.103. The highest BCUT2D eigenvalue weighted by Crippen LogP contribution is 2.31. The van der Waals surface area contributed by atoms with Crippen LogP contribution in [0.25, 0.3) is 0 Å². The predicted molar refractivity (Wildman–Crippen MR) is 61.7 cm³/mol. The fraction of sp³-hybridized carbons (Fsp3) is 0.923. The first-order valence-electron chi connectivity index (χ1n) is 6.40. The van der Waals surface area contributed by atoms with E-state index in [9.17, 15) is 9.90 Å². The Bertz CT molecular complexity index is 193. The molecular weight excluding hydrogens is 188 g/mol. The Hall–Kier alpha value is -0.370. The van der Waals surface area contributed by atoms with E-state index in [1.807, 2.05) is 6.92 Å². The van der Waals surface area contributed by atoms with E-state index in [1.54, 1.807) is 0 Å². The van der Waals surface area contributed by atoms with E-state index >= 15 is 0 Å². The van der Waals surface area contributed by atoms with Crippen LogP contribution in [0.4, 0.5) is 0 Å². The van der Waals surface area contributed by atoms with E-state index < -0.39 is 6.10 Å². The Morgan fingerprint density at radius 2 is 1.87 bits per heavy atom. The van der Waals surface area contributed by atoms with Crippen molar-refractivity contribution >= 4 is 5.78 Å². The number of ketones is 1. The van der Waals surface area contributed by atoms with Crippen molar-refractivity contribution in [1.82, 2.24) is 0 Å². The molecule has 88 valence electrons. The summed E-state index contributed by atoms with van der Waals surface area (Å²) in [5, 5.41) is 9.64. The van der Waals surface area contributed by atoms with Gasteiger partial charge in [-0.1, -0.05) is 26.7 Å². The standard InChI is InChI=1S/C13H24O2/c1-3-5-12(14)13(15)11-8-6-10(4-2)7-9-11/h10-12,14H,3-9H2,1-2H3. The van der Waals surface area contributed by atoms with Gasteiger partial charge < -0.3 is 5.11 Å². The SMILES string of the molecule is CCCC(O)C(=O)C1CCC(CC)CC1. The van der Waals surface area contributed by atoms with Gasteiger partial charge in [-0.15, -0.1) is 0 Å². The number of aliphatic hydroxyl groups excluding tert-OH is 1. The zero-order valence-electron chi connectivity index (χ0n) is 10.0. The third-order valence-electron chi connectivity index (χ3n) is 3.72. The van der Waals surface area contributed by atoms with Crippen molar-refractivity contribution in [2.45, 2.75) is 64.9 Å². The highest BCUT2D eigenvalue weighted by Gasteiger charge is 2.28. The molecule has 0 aromatic rings. The minimum Gasteiger partial charge on any atom is -0.385 e. The van der Waals surface area contributed by atoms with Crippen molar-refractivity contribution in [1.29, 1.82) is 0 Å². The van der Waals surface area contributed by atoms with Crippen LogP contribution in [0.5, 0.6) is 0 Å². The van der Waals surface area contributed by atoms with E-state index in [0.717, 1.165) is 25.2 Å². The van der Waals surface area contributed by atoms with E-state index in [1.165, 1.54) is 19.3 Å². The summed E-state index contributed by atoms with van der Waals surface area (Å²) in [7, 11) is 0. The Labute approximate surface area is 93.1 Å². The molecule has 0 bridgehead atoms. The molecule has 0 aliphatic heterocycles. The summed E-state index contributed by atoms with van der Waals surface area (Å²) in [5.74, 6) is 1.07. The monoisotopic (exact) mass is 212 g/mol. The van der Waals surface area contributed by atoms with Crippen LogP contribution in [-0.2, 0) is 4.79 Å². The zero-order valence-corrected chi connectivity index (χ0v) is 10.0. The molecule has 15 heavy (non-hydrogen) atoms. The lowest BCUT2D eigenvalue weighted by molar-refractivity contribution is -0.132. The second kappa shape index (κ2) is 6.26. The first kappa shape index (κ1) is 12.7. The highest BCUT2D eigenvalue weighted by molar-refractivity contribution is 5.85. The van der Waals surface area contributed by atoms with Gasteiger partial charge in [0.2, 0.25) is 0 Å².